The van der Waals surface area contributed by atoms with Gasteiger partial charge in [-0.3, -0.25) is 4.98 Å². The Morgan fingerprint density at radius 1 is 1.14 bits per heavy atom. The van der Waals surface area contributed by atoms with Gasteiger partial charge in [-0.1, -0.05) is 17.7 Å². The molecule has 0 aliphatic carbocycles. The first-order chi connectivity index (χ1) is 6.77. The minimum absolute atomic E-state index is 0.467. The maximum absolute atomic E-state index is 5.81. The standard InChI is InChI=1S/C10H6BrClN2/c11-7-4-5-9(12)14-10(7)8-3-1-2-6-13-8/h1-6H. The molecule has 4 heteroatoms. The molecule has 0 aliphatic heterocycles. The summed E-state index contributed by atoms with van der Waals surface area (Å²) in [7, 11) is 0. The zero-order chi connectivity index (χ0) is 9.97. The quantitative estimate of drug-likeness (QED) is 0.740. The van der Waals surface area contributed by atoms with Crippen molar-refractivity contribution in [2.75, 3.05) is 0 Å². The van der Waals surface area contributed by atoms with Crippen LogP contribution in [0.25, 0.3) is 11.4 Å². The van der Waals surface area contributed by atoms with E-state index in [9.17, 15) is 0 Å². The maximum Gasteiger partial charge on any atom is 0.129 e. The summed E-state index contributed by atoms with van der Waals surface area (Å²) in [4.78, 5) is 8.40. The predicted molar refractivity (Wildman–Crippen MR) is 60.2 cm³/mol. The lowest BCUT2D eigenvalue weighted by atomic mass is 10.2. The minimum atomic E-state index is 0.467. The van der Waals surface area contributed by atoms with Gasteiger partial charge >= 0.3 is 0 Å². The molecule has 14 heavy (non-hydrogen) atoms. The van der Waals surface area contributed by atoms with E-state index in [4.69, 9.17) is 11.6 Å². The average molecular weight is 270 g/mol. The van der Waals surface area contributed by atoms with Crippen LogP contribution in [-0.2, 0) is 0 Å². The van der Waals surface area contributed by atoms with E-state index in [0.717, 1.165) is 15.9 Å². The molecule has 70 valence electrons. The van der Waals surface area contributed by atoms with Crippen LogP contribution in [0.2, 0.25) is 5.15 Å². The van der Waals surface area contributed by atoms with E-state index in [0.29, 0.717) is 5.15 Å². The van der Waals surface area contributed by atoms with Crippen LogP contribution in [0.3, 0.4) is 0 Å². The summed E-state index contributed by atoms with van der Waals surface area (Å²) in [5.41, 5.74) is 1.57. The first-order valence-electron chi connectivity index (χ1n) is 4.01. The number of hydrogen-bond donors (Lipinski definition) is 0. The highest BCUT2D eigenvalue weighted by atomic mass is 79.9. The van der Waals surface area contributed by atoms with Gasteiger partial charge in [0.2, 0.25) is 0 Å². The van der Waals surface area contributed by atoms with Crippen LogP contribution in [0.5, 0.6) is 0 Å². The second kappa shape index (κ2) is 4.07. The molecule has 0 aromatic carbocycles. The number of nitrogens with zero attached hydrogens (tertiary/aromatic N) is 2. The fourth-order valence-corrected chi connectivity index (χ4v) is 1.67. The van der Waals surface area contributed by atoms with Crippen molar-refractivity contribution in [2.24, 2.45) is 0 Å². The van der Waals surface area contributed by atoms with Gasteiger partial charge in [-0.05, 0) is 40.2 Å². The third-order valence-corrected chi connectivity index (χ3v) is 2.57. The molecule has 0 saturated carbocycles. The van der Waals surface area contributed by atoms with E-state index in [-0.39, 0.29) is 0 Å². The number of aromatic nitrogens is 2. The molecule has 0 atom stereocenters. The first-order valence-corrected chi connectivity index (χ1v) is 5.18. The Morgan fingerprint density at radius 2 is 2.00 bits per heavy atom. The summed E-state index contributed by atoms with van der Waals surface area (Å²) in [5.74, 6) is 0. The third kappa shape index (κ3) is 1.94. The largest absolute Gasteiger partial charge is 0.255 e. The predicted octanol–water partition coefficient (Wildman–Crippen LogP) is 3.56. The van der Waals surface area contributed by atoms with Crippen LogP contribution in [0.4, 0.5) is 0 Å². The lowest BCUT2D eigenvalue weighted by molar-refractivity contribution is 1.24. The number of hydrogen-bond acceptors (Lipinski definition) is 2. The molecule has 2 nitrogen and oxygen atoms in total. The number of halogens is 2. The summed E-state index contributed by atoms with van der Waals surface area (Å²) in [6, 6.07) is 9.26. The van der Waals surface area contributed by atoms with E-state index < -0.39 is 0 Å². The molecular weight excluding hydrogens is 263 g/mol. The van der Waals surface area contributed by atoms with Gasteiger partial charge in [-0.15, -0.1) is 0 Å². The van der Waals surface area contributed by atoms with E-state index >= 15 is 0 Å². The zero-order valence-corrected chi connectivity index (χ0v) is 9.46. The van der Waals surface area contributed by atoms with E-state index in [1.54, 1.807) is 12.3 Å². The summed E-state index contributed by atoms with van der Waals surface area (Å²) >= 11 is 9.21. The van der Waals surface area contributed by atoms with Crippen LogP contribution in [-0.4, -0.2) is 9.97 Å². The Kier molecular flexibility index (Phi) is 2.79. The van der Waals surface area contributed by atoms with Gasteiger partial charge in [0.25, 0.3) is 0 Å². The Hall–Kier alpha value is -0.930. The van der Waals surface area contributed by atoms with Gasteiger partial charge in [-0.2, -0.15) is 0 Å². The SMILES string of the molecule is Clc1ccc(Br)c(-c2ccccn2)n1. The fourth-order valence-electron chi connectivity index (χ4n) is 1.10. The summed E-state index contributed by atoms with van der Waals surface area (Å²) in [6.07, 6.45) is 1.73. The second-order valence-electron chi connectivity index (χ2n) is 2.68. The van der Waals surface area contributed by atoms with Gasteiger partial charge in [0.05, 0.1) is 5.69 Å². The van der Waals surface area contributed by atoms with Gasteiger partial charge in [0, 0.05) is 10.7 Å². The topological polar surface area (TPSA) is 25.8 Å². The molecule has 0 saturated heterocycles. The van der Waals surface area contributed by atoms with Crippen LogP contribution in [0.1, 0.15) is 0 Å². The van der Waals surface area contributed by atoms with E-state index in [1.165, 1.54) is 0 Å². The lowest BCUT2D eigenvalue weighted by Gasteiger charge is -2.02. The van der Waals surface area contributed by atoms with Crippen molar-refractivity contribution >= 4 is 27.5 Å². The monoisotopic (exact) mass is 268 g/mol. The molecule has 2 rings (SSSR count). The summed E-state index contributed by atoms with van der Waals surface area (Å²) in [6.45, 7) is 0. The van der Waals surface area contributed by atoms with Crippen LogP contribution >= 0.6 is 27.5 Å². The Bertz CT molecular complexity index is 445. The maximum atomic E-state index is 5.81. The van der Waals surface area contributed by atoms with Gasteiger partial charge in [0.15, 0.2) is 0 Å². The van der Waals surface area contributed by atoms with Crippen LogP contribution in [0.15, 0.2) is 41.0 Å². The van der Waals surface area contributed by atoms with Crippen molar-refractivity contribution < 1.29 is 0 Å². The van der Waals surface area contributed by atoms with E-state index in [2.05, 4.69) is 25.9 Å². The van der Waals surface area contributed by atoms with Crippen LogP contribution in [0, 0.1) is 0 Å². The van der Waals surface area contributed by atoms with Gasteiger partial charge in [0.1, 0.15) is 10.8 Å². The van der Waals surface area contributed by atoms with Crippen molar-refractivity contribution in [3.63, 3.8) is 0 Å². The molecule has 2 aromatic heterocycles. The highest BCUT2D eigenvalue weighted by Gasteiger charge is 2.05. The van der Waals surface area contributed by atoms with Gasteiger partial charge < -0.3 is 0 Å². The molecule has 0 aliphatic rings. The zero-order valence-electron chi connectivity index (χ0n) is 7.11. The average Bonchev–Trinajstić information content (AvgIpc) is 2.23. The fraction of sp³-hybridized carbons (Fsp3) is 0. The highest BCUT2D eigenvalue weighted by molar-refractivity contribution is 9.10. The molecule has 2 aromatic rings. The molecule has 0 spiro atoms. The molecule has 0 fully saturated rings. The van der Waals surface area contributed by atoms with Crippen molar-refractivity contribution in [3.05, 3.63) is 46.2 Å². The number of pyridine rings is 2. The molecule has 0 radical (unpaired) electrons. The lowest BCUT2D eigenvalue weighted by Crippen LogP contribution is -1.88. The van der Waals surface area contributed by atoms with E-state index in [1.807, 2.05) is 24.3 Å². The molecule has 2 heterocycles. The third-order valence-electron chi connectivity index (χ3n) is 1.72. The number of rotatable bonds is 1. The summed E-state index contributed by atoms with van der Waals surface area (Å²) < 4.78 is 0.889. The second-order valence-corrected chi connectivity index (χ2v) is 3.92. The first kappa shape index (κ1) is 9.62. The van der Waals surface area contributed by atoms with Crippen molar-refractivity contribution in [1.29, 1.82) is 0 Å². The normalized spacial score (nSPS) is 10.1. The molecule has 0 N–H and O–H groups in total. The highest BCUT2D eigenvalue weighted by Crippen LogP contribution is 2.25. The molecule has 0 amide bonds. The minimum Gasteiger partial charge on any atom is -0.255 e. The molecular formula is C10H6BrClN2. The Morgan fingerprint density at radius 3 is 2.71 bits per heavy atom. The Balaban J connectivity index is 2.57. The van der Waals surface area contributed by atoms with Crippen molar-refractivity contribution in [3.8, 4) is 11.4 Å². The molecule has 0 bridgehead atoms. The Labute approximate surface area is 95.1 Å². The smallest absolute Gasteiger partial charge is 0.129 e. The van der Waals surface area contributed by atoms with Gasteiger partial charge in [-0.25, -0.2) is 4.98 Å². The molecule has 0 unspecified atom stereocenters. The van der Waals surface area contributed by atoms with Crippen molar-refractivity contribution in [2.45, 2.75) is 0 Å². The van der Waals surface area contributed by atoms with Crippen LogP contribution < -0.4 is 0 Å². The summed E-state index contributed by atoms with van der Waals surface area (Å²) in [5, 5.41) is 0.467. The van der Waals surface area contributed by atoms with Crippen molar-refractivity contribution in [1.82, 2.24) is 9.97 Å².